The second-order valence-electron chi connectivity index (χ2n) is 8.13. The lowest BCUT2D eigenvalue weighted by molar-refractivity contribution is -0.132. The van der Waals surface area contributed by atoms with Crippen molar-refractivity contribution in [1.82, 2.24) is 9.80 Å². The number of hydrogen-bond donors (Lipinski definition) is 0. The summed E-state index contributed by atoms with van der Waals surface area (Å²) in [6.07, 6.45) is 2.52. The van der Waals surface area contributed by atoms with Crippen LogP contribution in [-0.4, -0.2) is 62.2 Å². The largest absolute Gasteiger partial charge is 0.493 e. The van der Waals surface area contributed by atoms with E-state index >= 15 is 0 Å². The van der Waals surface area contributed by atoms with E-state index in [9.17, 15) is 4.79 Å². The molecule has 6 nitrogen and oxygen atoms in total. The van der Waals surface area contributed by atoms with Crippen molar-refractivity contribution in [2.24, 2.45) is 0 Å². The van der Waals surface area contributed by atoms with Gasteiger partial charge in [0.2, 0.25) is 5.91 Å². The van der Waals surface area contributed by atoms with E-state index in [4.69, 9.17) is 14.2 Å². The lowest BCUT2D eigenvalue weighted by atomic mass is 10.1. The van der Waals surface area contributed by atoms with E-state index in [-0.39, 0.29) is 5.91 Å². The number of hydrogen-bond acceptors (Lipinski definition) is 5. The number of methoxy groups -OCH3 is 1. The van der Waals surface area contributed by atoms with Crippen LogP contribution in [0.2, 0.25) is 0 Å². The molecule has 1 heterocycles. The first-order valence-corrected chi connectivity index (χ1v) is 11.6. The third-order valence-corrected chi connectivity index (χ3v) is 5.73. The summed E-state index contributed by atoms with van der Waals surface area (Å²) in [5.74, 6) is 1.60. The average Bonchev–Trinajstić information content (AvgIpc) is 2.85. The van der Waals surface area contributed by atoms with Gasteiger partial charge in [0.1, 0.15) is 6.61 Å². The van der Waals surface area contributed by atoms with Crippen LogP contribution in [-0.2, 0) is 22.7 Å². The molecule has 3 rings (SSSR count). The predicted octanol–water partition coefficient (Wildman–Crippen LogP) is 4.13. The van der Waals surface area contributed by atoms with E-state index < -0.39 is 0 Å². The molecule has 0 aromatic heterocycles. The highest BCUT2D eigenvalue weighted by Crippen LogP contribution is 2.29. The van der Waals surface area contributed by atoms with Gasteiger partial charge in [0.15, 0.2) is 11.5 Å². The molecule has 0 aliphatic carbocycles. The van der Waals surface area contributed by atoms with Crippen LogP contribution < -0.4 is 9.47 Å². The van der Waals surface area contributed by atoms with Gasteiger partial charge >= 0.3 is 0 Å². The van der Waals surface area contributed by atoms with E-state index in [1.54, 1.807) is 7.11 Å². The minimum Gasteiger partial charge on any atom is -0.493 e. The second kappa shape index (κ2) is 13.1. The number of ether oxygens (including phenoxy) is 3. The molecule has 0 radical (unpaired) electrons. The summed E-state index contributed by atoms with van der Waals surface area (Å²) >= 11 is 0. The molecule has 174 valence electrons. The molecule has 0 unspecified atom stereocenters. The number of benzene rings is 2. The highest BCUT2D eigenvalue weighted by Gasteiger charge is 2.18. The first kappa shape index (κ1) is 24.1. The van der Waals surface area contributed by atoms with Crippen LogP contribution in [0.5, 0.6) is 11.5 Å². The van der Waals surface area contributed by atoms with E-state index in [1.807, 2.05) is 53.4 Å². The number of rotatable bonds is 12. The molecule has 2 aromatic rings. The molecular formula is C26H36N2O4. The molecule has 1 amide bonds. The molecule has 0 atom stereocenters. The van der Waals surface area contributed by atoms with Gasteiger partial charge < -0.3 is 19.1 Å². The van der Waals surface area contributed by atoms with Crippen LogP contribution in [0.25, 0.3) is 0 Å². The summed E-state index contributed by atoms with van der Waals surface area (Å²) in [7, 11) is 1.65. The standard InChI is InChI=1S/C26H36N2O4/c1-3-4-10-26(29)28(14-13-27-15-17-31-18-16-27)20-23-11-12-24(30-2)25(19-23)32-21-22-8-6-5-7-9-22/h5-9,11-12,19H,3-4,10,13-18,20-21H2,1-2H3. The molecule has 0 N–H and O–H groups in total. The lowest BCUT2D eigenvalue weighted by Crippen LogP contribution is -2.42. The fourth-order valence-corrected chi connectivity index (χ4v) is 3.75. The van der Waals surface area contributed by atoms with Crippen molar-refractivity contribution in [3.05, 3.63) is 59.7 Å². The third-order valence-electron chi connectivity index (χ3n) is 5.73. The number of carbonyl (C=O) groups is 1. The minimum absolute atomic E-state index is 0.211. The summed E-state index contributed by atoms with van der Waals surface area (Å²) in [5, 5.41) is 0. The van der Waals surface area contributed by atoms with Gasteiger partial charge in [-0.15, -0.1) is 0 Å². The van der Waals surface area contributed by atoms with Gasteiger partial charge in [-0.2, -0.15) is 0 Å². The zero-order valence-corrected chi connectivity index (χ0v) is 19.4. The fraction of sp³-hybridized carbons (Fsp3) is 0.500. The monoisotopic (exact) mass is 440 g/mol. The molecule has 0 bridgehead atoms. The Kier molecular flexibility index (Phi) is 9.85. The summed E-state index contributed by atoms with van der Waals surface area (Å²) < 4.78 is 17.0. The maximum absolute atomic E-state index is 12.9. The van der Waals surface area contributed by atoms with E-state index in [2.05, 4.69) is 11.8 Å². The summed E-state index contributed by atoms with van der Waals surface area (Å²) in [5.41, 5.74) is 2.14. The molecule has 6 heteroatoms. The van der Waals surface area contributed by atoms with Gasteiger partial charge in [0.05, 0.1) is 20.3 Å². The van der Waals surface area contributed by atoms with Gasteiger partial charge in [0, 0.05) is 39.1 Å². The Bertz CT molecular complexity index is 822. The van der Waals surface area contributed by atoms with Crippen molar-refractivity contribution in [3.63, 3.8) is 0 Å². The molecular weight excluding hydrogens is 404 g/mol. The van der Waals surface area contributed by atoms with Crippen LogP contribution in [0, 0.1) is 0 Å². The Morgan fingerprint density at radius 3 is 2.56 bits per heavy atom. The maximum atomic E-state index is 12.9. The molecule has 1 aliphatic heterocycles. The topological polar surface area (TPSA) is 51.2 Å². The highest BCUT2D eigenvalue weighted by atomic mass is 16.5. The van der Waals surface area contributed by atoms with E-state index in [0.29, 0.717) is 31.1 Å². The van der Waals surface area contributed by atoms with Crippen molar-refractivity contribution in [3.8, 4) is 11.5 Å². The average molecular weight is 441 g/mol. The van der Waals surface area contributed by atoms with Gasteiger partial charge in [-0.1, -0.05) is 49.7 Å². The minimum atomic E-state index is 0.211. The first-order valence-electron chi connectivity index (χ1n) is 11.6. The summed E-state index contributed by atoms with van der Waals surface area (Å²) in [6, 6.07) is 16.0. The third kappa shape index (κ3) is 7.53. The molecule has 1 fully saturated rings. The summed E-state index contributed by atoms with van der Waals surface area (Å²) in [4.78, 5) is 17.3. The van der Waals surface area contributed by atoms with Crippen molar-refractivity contribution >= 4 is 5.91 Å². The van der Waals surface area contributed by atoms with Gasteiger partial charge in [-0.25, -0.2) is 0 Å². The van der Waals surface area contributed by atoms with Gasteiger partial charge in [0.25, 0.3) is 0 Å². The maximum Gasteiger partial charge on any atom is 0.222 e. The molecule has 2 aromatic carbocycles. The van der Waals surface area contributed by atoms with Crippen LogP contribution >= 0.6 is 0 Å². The normalized spacial score (nSPS) is 14.2. The zero-order chi connectivity index (χ0) is 22.6. The molecule has 0 saturated carbocycles. The van der Waals surface area contributed by atoms with Gasteiger partial charge in [-0.05, 0) is 29.7 Å². The van der Waals surface area contributed by atoms with E-state index in [1.165, 1.54) is 0 Å². The Hall–Kier alpha value is -2.57. The van der Waals surface area contributed by atoms with Crippen LogP contribution in [0.15, 0.2) is 48.5 Å². The molecule has 1 aliphatic rings. The number of unbranched alkanes of at least 4 members (excludes halogenated alkanes) is 1. The molecule has 0 spiro atoms. The van der Waals surface area contributed by atoms with Crippen molar-refractivity contribution < 1.29 is 19.0 Å². The van der Waals surface area contributed by atoms with Crippen molar-refractivity contribution in [2.45, 2.75) is 39.3 Å². The zero-order valence-electron chi connectivity index (χ0n) is 19.4. The highest BCUT2D eigenvalue weighted by molar-refractivity contribution is 5.76. The van der Waals surface area contributed by atoms with Crippen LogP contribution in [0.1, 0.15) is 37.3 Å². The lowest BCUT2D eigenvalue weighted by Gasteiger charge is -2.30. The second-order valence-corrected chi connectivity index (χ2v) is 8.13. The van der Waals surface area contributed by atoms with Crippen molar-refractivity contribution in [2.75, 3.05) is 46.5 Å². The Morgan fingerprint density at radius 1 is 1.06 bits per heavy atom. The first-order chi connectivity index (χ1) is 15.7. The van der Waals surface area contributed by atoms with Gasteiger partial charge in [-0.3, -0.25) is 9.69 Å². The van der Waals surface area contributed by atoms with Crippen LogP contribution in [0.4, 0.5) is 0 Å². The number of amides is 1. The Balaban J connectivity index is 1.67. The molecule has 32 heavy (non-hydrogen) atoms. The molecule has 1 saturated heterocycles. The Labute approximate surface area is 192 Å². The number of carbonyl (C=O) groups excluding carboxylic acids is 1. The SMILES string of the molecule is CCCCC(=O)N(CCN1CCOCC1)Cc1ccc(OC)c(OCc2ccccc2)c1. The Morgan fingerprint density at radius 2 is 1.84 bits per heavy atom. The predicted molar refractivity (Wildman–Crippen MR) is 126 cm³/mol. The smallest absolute Gasteiger partial charge is 0.222 e. The number of morpholine rings is 1. The van der Waals surface area contributed by atoms with Crippen LogP contribution in [0.3, 0.4) is 0 Å². The van der Waals surface area contributed by atoms with Crippen molar-refractivity contribution in [1.29, 1.82) is 0 Å². The fourth-order valence-electron chi connectivity index (χ4n) is 3.75. The number of nitrogens with zero attached hydrogens (tertiary/aromatic N) is 2. The quantitative estimate of drug-likeness (QED) is 0.497. The van der Waals surface area contributed by atoms with E-state index in [0.717, 1.165) is 63.4 Å². The summed E-state index contributed by atoms with van der Waals surface area (Å²) in [6.45, 7) is 8.13.